The Morgan fingerprint density at radius 2 is 1.89 bits per heavy atom. The van der Waals surface area contributed by atoms with Crippen molar-refractivity contribution in [2.75, 3.05) is 13.1 Å². The molecule has 36 heavy (non-hydrogen) atoms. The van der Waals surface area contributed by atoms with E-state index in [0.717, 1.165) is 73.7 Å². The lowest BCUT2D eigenvalue weighted by Crippen LogP contribution is -2.20. The molecule has 2 aliphatic carbocycles. The Morgan fingerprint density at radius 3 is 2.69 bits per heavy atom. The number of halogens is 1. The van der Waals surface area contributed by atoms with E-state index in [0.29, 0.717) is 5.92 Å². The summed E-state index contributed by atoms with van der Waals surface area (Å²) < 4.78 is 2.07. The fraction of sp³-hybridized carbons (Fsp3) is 0.375. The zero-order valence-corrected chi connectivity index (χ0v) is 22.8. The molecular weight excluding hydrogens is 462 g/mol. The van der Waals surface area contributed by atoms with Crippen molar-refractivity contribution in [3.63, 3.8) is 0 Å². The first kappa shape index (κ1) is 27.7. The topological polar surface area (TPSA) is 29.9 Å². The van der Waals surface area contributed by atoms with Crippen molar-refractivity contribution in [2.24, 2.45) is 0 Å². The summed E-state index contributed by atoms with van der Waals surface area (Å²) in [5.74, 6) is 0.409. The molecule has 0 fully saturated rings. The Morgan fingerprint density at radius 1 is 1.06 bits per heavy atom. The second-order valence-corrected chi connectivity index (χ2v) is 9.33. The van der Waals surface area contributed by atoms with Crippen LogP contribution in [-0.4, -0.2) is 22.9 Å². The minimum absolute atomic E-state index is 0.409. The van der Waals surface area contributed by atoms with Crippen LogP contribution in [0.15, 0.2) is 89.7 Å². The van der Waals surface area contributed by atoms with Crippen LogP contribution >= 0.6 is 11.6 Å². The van der Waals surface area contributed by atoms with E-state index in [1.54, 1.807) is 0 Å². The molecule has 0 amide bonds. The molecule has 4 rings (SSSR count). The first-order chi connectivity index (χ1) is 17.7. The summed E-state index contributed by atoms with van der Waals surface area (Å²) in [7, 11) is 0. The Bertz CT molecular complexity index is 1140. The second kappa shape index (κ2) is 15.3. The maximum Gasteiger partial charge on any atom is 0.107 e. The highest BCUT2D eigenvalue weighted by Gasteiger charge is 2.20. The van der Waals surface area contributed by atoms with E-state index in [2.05, 4.69) is 71.2 Å². The summed E-state index contributed by atoms with van der Waals surface area (Å²) in [4.78, 5) is 0. The predicted molar refractivity (Wildman–Crippen MR) is 156 cm³/mol. The quantitative estimate of drug-likeness (QED) is 0.261. The summed E-state index contributed by atoms with van der Waals surface area (Å²) in [5.41, 5.74) is 9.31. The number of nitrogens with one attached hydrogen (secondary N) is 1. The Labute approximate surface area is 222 Å². The van der Waals surface area contributed by atoms with Gasteiger partial charge in [-0.25, -0.2) is 4.68 Å². The Hall–Kier alpha value is -2.84. The van der Waals surface area contributed by atoms with E-state index in [1.807, 2.05) is 44.2 Å². The van der Waals surface area contributed by atoms with Crippen LogP contribution in [0.1, 0.15) is 75.7 Å². The summed E-state index contributed by atoms with van der Waals surface area (Å²) in [6, 6.07) is 12.9. The monoisotopic (exact) mass is 501 g/mol. The fourth-order valence-electron chi connectivity index (χ4n) is 4.45. The minimum atomic E-state index is 0.409. The van der Waals surface area contributed by atoms with Gasteiger partial charge in [-0.05, 0) is 87.0 Å². The van der Waals surface area contributed by atoms with Gasteiger partial charge >= 0.3 is 0 Å². The molecule has 4 heteroatoms. The average molecular weight is 502 g/mol. The number of hydrogen-bond acceptors (Lipinski definition) is 2. The van der Waals surface area contributed by atoms with Crippen molar-refractivity contribution in [1.29, 1.82) is 0 Å². The fourth-order valence-corrected chi connectivity index (χ4v) is 4.65. The summed E-state index contributed by atoms with van der Waals surface area (Å²) in [6.45, 7) is 8.24. The molecule has 1 atom stereocenters. The minimum Gasteiger partial charge on any atom is -0.316 e. The smallest absolute Gasteiger partial charge is 0.107 e. The number of allylic oxidation sites excluding steroid dienone is 9. The van der Waals surface area contributed by atoms with Crippen LogP contribution in [0.2, 0.25) is 0 Å². The van der Waals surface area contributed by atoms with Crippen molar-refractivity contribution >= 4 is 22.9 Å². The molecule has 0 radical (unpaired) electrons. The van der Waals surface area contributed by atoms with Crippen LogP contribution < -0.4 is 5.32 Å². The van der Waals surface area contributed by atoms with E-state index in [9.17, 15) is 0 Å². The van der Waals surface area contributed by atoms with Crippen LogP contribution in [0.25, 0.3) is 11.3 Å². The normalized spacial score (nSPS) is 15.7. The third kappa shape index (κ3) is 8.10. The van der Waals surface area contributed by atoms with E-state index < -0.39 is 0 Å². The molecule has 1 aromatic carbocycles. The van der Waals surface area contributed by atoms with Gasteiger partial charge < -0.3 is 5.32 Å². The van der Waals surface area contributed by atoms with Gasteiger partial charge in [-0.1, -0.05) is 92.7 Å². The maximum absolute atomic E-state index is 6.33. The molecule has 1 heterocycles. The SMILES string of the molecule is CC.CCC(CCNCCc1ccccc1)c1cc(C2=CC=C(Cl)CCC2)n(C2=C=CC=CC=C2)n1. The zero-order valence-electron chi connectivity index (χ0n) is 22.0. The number of hydrogen-bond donors (Lipinski definition) is 1. The van der Waals surface area contributed by atoms with Gasteiger partial charge in [-0.15, -0.1) is 0 Å². The molecule has 2 aliphatic rings. The Balaban J connectivity index is 0.00000176. The van der Waals surface area contributed by atoms with Crippen LogP contribution in [0.3, 0.4) is 0 Å². The zero-order chi connectivity index (χ0) is 25.6. The average Bonchev–Trinajstić information content (AvgIpc) is 3.06. The second-order valence-electron chi connectivity index (χ2n) is 8.84. The predicted octanol–water partition coefficient (Wildman–Crippen LogP) is 8.44. The van der Waals surface area contributed by atoms with Crippen LogP contribution in [0.5, 0.6) is 0 Å². The van der Waals surface area contributed by atoms with Gasteiger partial charge in [0.05, 0.1) is 11.4 Å². The highest BCUT2D eigenvalue weighted by atomic mass is 35.5. The molecule has 1 N–H and O–H groups in total. The van der Waals surface area contributed by atoms with E-state index in [1.165, 1.54) is 11.1 Å². The van der Waals surface area contributed by atoms with Crippen LogP contribution in [0, 0.1) is 0 Å². The van der Waals surface area contributed by atoms with Gasteiger partial charge in [-0.2, -0.15) is 5.10 Å². The van der Waals surface area contributed by atoms with Crippen molar-refractivity contribution in [2.45, 2.75) is 65.2 Å². The van der Waals surface area contributed by atoms with Crippen LogP contribution in [-0.2, 0) is 6.42 Å². The molecule has 1 aromatic heterocycles. The number of rotatable bonds is 10. The van der Waals surface area contributed by atoms with Crippen molar-refractivity contribution in [1.82, 2.24) is 15.1 Å². The van der Waals surface area contributed by atoms with Crippen molar-refractivity contribution < 1.29 is 0 Å². The molecular formula is C32H40ClN3. The molecule has 0 saturated carbocycles. The first-order valence-electron chi connectivity index (χ1n) is 13.4. The van der Waals surface area contributed by atoms with Gasteiger partial charge in [0.1, 0.15) is 5.70 Å². The molecule has 0 saturated heterocycles. The van der Waals surface area contributed by atoms with Crippen molar-refractivity contribution in [3.8, 4) is 0 Å². The Kier molecular flexibility index (Phi) is 11.8. The van der Waals surface area contributed by atoms with E-state index in [4.69, 9.17) is 16.7 Å². The molecule has 190 valence electrons. The van der Waals surface area contributed by atoms with Gasteiger partial charge in [0.2, 0.25) is 0 Å². The number of nitrogens with zero attached hydrogens (tertiary/aromatic N) is 2. The van der Waals surface area contributed by atoms with Gasteiger partial charge in [0.25, 0.3) is 0 Å². The highest BCUT2D eigenvalue weighted by molar-refractivity contribution is 6.29. The highest BCUT2D eigenvalue weighted by Crippen LogP contribution is 2.32. The lowest BCUT2D eigenvalue weighted by atomic mass is 9.97. The van der Waals surface area contributed by atoms with Gasteiger partial charge in [-0.3, -0.25) is 0 Å². The van der Waals surface area contributed by atoms with Gasteiger partial charge in [0.15, 0.2) is 0 Å². The van der Waals surface area contributed by atoms with Crippen LogP contribution in [0.4, 0.5) is 0 Å². The summed E-state index contributed by atoms with van der Waals surface area (Å²) in [6.07, 6.45) is 20.5. The number of aromatic nitrogens is 2. The standard InChI is InChI=1S/C30H34ClN3.C2H6/c1-2-25(20-22-32-21-19-24-11-6-5-7-12-24)29-23-30(26-13-10-14-27(31)18-17-26)34(33-29)28-15-8-3-4-9-16-28;1-2/h3-9,11-12,15,17-18,23,25,32H,2,10,13-14,19-22H2,1H3;1-2H3. The molecule has 3 nitrogen and oxygen atoms in total. The first-order valence-corrected chi connectivity index (χ1v) is 13.8. The third-order valence-electron chi connectivity index (χ3n) is 6.43. The van der Waals surface area contributed by atoms with E-state index in [-0.39, 0.29) is 0 Å². The molecule has 0 aliphatic heterocycles. The lowest BCUT2D eigenvalue weighted by molar-refractivity contribution is 0.543. The maximum atomic E-state index is 6.33. The summed E-state index contributed by atoms with van der Waals surface area (Å²) in [5, 5.41) is 9.66. The number of benzene rings is 1. The largest absolute Gasteiger partial charge is 0.316 e. The molecule has 0 spiro atoms. The van der Waals surface area contributed by atoms with E-state index >= 15 is 0 Å². The van der Waals surface area contributed by atoms with Crippen molar-refractivity contribution in [3.05, 3.63) is 107 Å². The summed E-state index contributed by atoms with van der Waals surface area (Å²) >= 11 is 6.33. The molecule has 1 unspecified atom stereocenters. The third-order valence-corrected chi connectivity index (χ3v) is 6.75. The molecule has 2 aromatic rings. The lowest BCUT2D eigenvalue weighted by Gasteiger charge is -2.13. The molecule has 0 bridgehead atoms. The van der Waals surface area contributed by atoms with Gasteiger partial charge in [0, 0.05) is 11.0 Å².